The number of ether oxygens (including phenoxy) is 1. The van der Waals surface area contributed by atoms with E-state index in [2.05, 4.69) is 37.0 Å². The monoisotopic (exact) mass is 472 g/mol. The van der Waals surface area contributed by atoms with Gasteiger partial charge in [0.1, 0.15) is 5.75 Å². The molecule has 4 aromatic rings. The van der Waals surface area contributed by atoms with Crippen molar-refractivity contribution in [3.05, 3.63) is 61.2 Å². The number of nitrogens with one attached hydrogen (secondary N) is 3. The largest absolute Gasteiger partial charge is 0.454 e. The molecule has 32 heavy (non-hydrogen) atoms. The SMILES string of the molecule is CNc1nc2ccc(Oc3c(Cl)cc(-c4n[nH]c(=O)[nH]c4=O)cc3Cl)cc2n1C1(C)CC1. The van der Waals surface area contributed by atoms with Gasteiger partial charge >= 0.3 is 5.69 Å². The van der Waals surface area contributed by atoms with Crippen LogP contribution in [0.3, 0.4) is 0 Å². The minimum Gasteiger partial charge on any atom is -0.454 e. The van der Waals surface area contributed by atoms with Crippen LogP contribution >= 0.6 is 23.2 Å². The van der Waals surface area contributed by atoms with Crippen LogP contribution in [0, 0.1) is 0 Å². The molecule has 1 fully saturated rings. The van der Waals surface area contributed by atoms with Crippen LogP contribution in [0.2, 0.25) is 10.0 Å². The molecule has 5 rings (SSSR count). The number of hydrogen-bond donors (Lipinski definition) is 3. The van der Waals surface area contributed by atoms with Gasteiger partial charge in [-0.2, -0.15) is 5.10 Å². The van der Waals surface area contributed by atoms with Crippen LogP contribution in [0.5, 0.6) is 11.5 Å². The highest BCUT2D eigenvalue weighted by molar-refractivity contribution is 6.37. The molecule has 0 unspecified atom stereocenters. The van der Waals surface area contributed by atoms with E-state index < -0.39 is 11.2 Å². The van der Waals surface area contributed by atoms with Gasteiger partial charge < -0.3 is 14.6 Å². The van der Waals surface area contributed by atoms with Crippen molar-refractivity contribution in [2.75, 3.05) is 12.4 Å². The average molecular weight is 473 g/mol. The number of rotatable bonds is 5. The number of H-pyrrole nitrogens is 2. The van der Waals surface area contributed by atoms with Crippen LogP contribution in [-0.2, 0) is 5.54 Å². The van der Waals surface area contributed by atoms with E-state index in [9.17, 15) is 9.59 Å². The molecule has 1 saturated carbocycles. The topological polar surface area (TPSA) is 118 Å². The molecule has 0 aliphatic heterocycles. The van der Waals surface area contributed by atoms with Crippen LogP contribution in [0.25, 0.3) is 22.3 Å². The lowest BCUT2D eigenvalue weighted by Crippen LogP contribution is -2.25. The number of hydrogen-bond acceptors (Lipinski definition) is 6. The first kappa shape index (κ1) is 20.6. The summed E-state index contributed by atoms with van der Waals surface area (Å²) in [5.74, 6) is 1.59. The molecule has 0 amide bonds. The van der Waals surface area contributed by atoms with E-state index in [4.69, 9.17) is 27.9 Å². The molecule has 0 atom stereocenters. The van der Waals surface area contributed by atoms with Gasteiger partial charge in [0.15, 0.2) is 11.4 Å². The van der Waals surface area contributed by atoms with Crippen molar-refractivity contribution in [2.24, 2.45) is 0 Å². The number of nitrogens with zero attached hydrogens (tertiary/aromatic N) is 3. The van der Waals surface area contributed by atoms with Gasteiger partial charge in [0.05, 0.1) is 21.1 Å². The number of aromatic amines is 2. The Hall–Kier alpha value is -3.30. The smallest absolute Gasteiger partial charge is 0.342 e. The summed E-state index contributed by atoms with van der Waals surface area (Å²) in [6, 6.07) is 8.59. The Bertz CT molecular complexity index is 1460. The first-order chi connectivity index (χ1) is 15.3. The summed E-state index contributed by atoms with van der Waals surface area (Å²) >= 11 is 12.9. The van der Waals surface area contributed by atoms with Crippen molar-refractivity contribution in [1.82, 2.24) is 24.7 Å². The molecule has 1 aliphatic carbocycles. The number of anilines is 1. The molecule has 2 aromatic heterocycles. The third kappa shape index (κ3) is 3.43. The Kier molecular flexibility index (Phi) is 4.75. The van der Waals surface area contributed by atoms with Gasteiger partial charge in [0.2, 0.25) is 5.95 Å². The maximum absolute atomic E-state index is 12.0. The number of halogens is 2. The molecule has 164 valence electrons. The predicted octanol–water partition coefficient (Wildman–Crippen LogP) is 4.12. The minimum atomic E-state index is -0.702. The first-order valence-corrected chi connectivity index (χ1v) is 10.6. The van der Waals surface area contributed by atoms with E-state index in [1.54, 1.807) is 6.07 Å². The van der Waals surface area contributed by atoms with Crippen LogP contribution in [-0.4, -0.2) is 31.8 Å². The highest BCUT2D eigenvalue weighted by atomic mass is 35.5. The molecular weight excluding hydrogens is 455 g/mol. The highest BCUT2D eigenvalue weighted by Gasteiger charge is 2.42. The fourth-order valence-electron chi connectivity index (χ4n) is 3.69. The number of imidazole rings is 1. The summed E-state index contributed by atoms with van der Waals surface area (Å²) in [4.78, 5) is 30.0. The van der Waals surface area contributed by atoms with Gasteiger partial charge in [-0.1, -0.05) is 23.2 Å². The zero-order chi connectivity index (χ0) is 22.6. The van der Waals surface area contributed by atoms with Crippen molar-refractivity contribution >= 4 is 40.2 Å². The second-order valence-corrected chi connectivity index (χ2v) is 8.71. The molecule has 2 heterocycles. The minimum absolute atomic E-state index is 0.0115. The Labute approximate surface area is 191 Å². The van der Waals surface area contributed by atoms with Gasteiger partial charge in [-0.05, 0) is 44.0 Å². The van der Waals surface area contributed by atoms with Crippen molar-refractivity contribution < 1.29 is 4.74 Å². The van der Waals surface area contributed by atoms with E-state index >= 15 is 0 Å². The number of aromatic nitrogens is 5. The Morgan fingerprint density at radius 1 is 1.16 bits per heavy atom. The van der Waals surface area contributed by atoms with E-state index in [1.807, 2.05) is 19.2 Å². The zero-order valence-corrected chi connectivity index (χ0v) is 18.6. The molecule has 0 spiro atoms. The Morgan fingerprint density at radius 3 is 2.50 bits per heavy atom. The molecule has 3 N–H and O–H groups in total. The third-order valence-corrected chi connectivity index (χ3v) is 6.13. The summed E-state index contributed by atoms with van der Waals surface area (Å²) in [7, 11) is 1.85. The standard InChI is InChI=1S/C21H18Cl2N6O3/c1-21(5-6-21)29-15-9-11(3-4-14(15)25-19(29)24-2)32-17-12(22)7-10(8-13(17)23)16-18(30)26-20(31)28-27-16/h3-4,7-9H,5-6H2,1-2H3,(H,24,25)(H2,26,28,30,31). The Morgan fingerprint density at radius 2 is 1.88 bits per heavy atom. The third-order valence-electron chi connectivity index (χ3n) is 5.57. The summed E-state index contributed by atoms with van der Waals surface area (Å²) in [5.41, 5.74) is 0.806. The normalized spacial score (nSPS) is 14.5. The molecule has 9 nitrogen and oxygen atoms in total. The first-order valence-electron chi connectivity index (χ1n) is 9.86. The molecule has 0 saturated heterocycles. The molecule has 1 aliphatic rings. The predicted molar refractivity (Wildman–Crippen MR) is 123 cm³/mol. The molecule has 0 radical (unpaired) electrons. The maximum atomic E-state index is 12.0. The second kappa shape index (κ2) is 7.39. The summed E-state index contributed by atoms with van der Waals surface area (Å²) in [6.45, 7) is 2.20. The fraction of sp³-hybridized carbons (Fsp3) is 0.238. The summed E-state index contributed by atoms with van der Waals surface area (Å²) < 4.78 is 8.22. The van der Waals surface area contributed by atoms with Gasteiger partial charge in [0, 0.05) is 24.2 Å². The van der Waals surface area contributed by atoms with Crippen molar-refractivity contribution in [3.63, 3.8) is 0 Å². The van der Waals surface area contributed by atoms with Gasteiger partial charge in [0.25, 0.3) is 5.56 Å². The van der Waals surface area contributed by atoms with Crippen molar-refractivity contribution in [1.29, 1.82) is 0 Å². The summed E-state index contributed by atoms with van der Waals surface area (Å²) in [6.07, 6.45) is 2.16. The lowest BCUT2D eigenvalue weighted by Gasteiger charge is -2.16. The van der Waals surface area contributed by atoms with Gasteiger partial charge in [-0.3, -0.25) is 9.78 Å². The molecule has 11 heteroatoms. The van der Waals surface area contributed by atoms with Crippen LogP contribution < -0.4 is 21.3 Å². The van der Waals surface area contributed by atoms with E-state index in [0.29, 0.717) is 11.3 Å². The molecular formula is C21H18Cl2N6O3. The second-order valence-electron chi connectivity index (χ2n) is 7.89. The lowest BCUT2D eigenvalue weighted by molar-refractivity contribution is 0.483. The van der Waals surface area contributed by atoms with E-state index in [0.717, 1.165) is 29.8 Å². The van der Waals surface area contributed by atoms with Gasteiger partial charge in [-0.25, -0.2) is 14.9 Å². The maximum Gasteiger partial charge on any atom is 0.342 e. The Balaban J connectivity index is 1.54. The van der Waals surface area contributed by atoms with E-state index in [1.165, 1.54) is 12.1 Å². The van der Waals surface area contributed by atoms with E-state index in [-0.39, 0.29) is 27.0 Å². The van der Waals surface area contributed by atoms with Crippen LogP contribution in [0.4, 0.5) is 5.95 Å². The van der Waals surface area contributed by atoms with Crippen LogP contribution in [0.15, 0.2) is 39.9 Å². The van der Waals surface area contributed by atoms with Crippen molar-refractivity contribution in [2.45, 2.75) is 25.3 Å². The fourth-order valence-corrected chi connectivity index (χ4v) is 4.26. The van der Waals surface area contributed by atoms with Crippen molar-refractivity contribution in [3.8, 4) is 22.8 Å². The zero-order valence-electron chi connectivity index (χ0n) is 17.1. The van der Waals surface area contributed by atoms with Crippen LogP contribution in [0.1, 0.15) is 19.8 Å². The number of fused-ring (bicyclic) bond motifs is 1. The molecule has 2 aromatic carbocycles. The average Bonchev–Trinajstić information content (AvgIpc) is 3.37. The lowest BCUT2D eigenvalue weighted by atomic mass is 10.1. The van der Waals surface area contributed by atoms with Gasteiger partial charge in [-0.15, -0.1) is 0 Å². The number of benzene rings is 2. The summed E-state index contributed by atoms with van der Waals surface area (Å²) in [5, 5.41) is 9.51. The highest BCUT2D eigenvalue weighted by Crippen LogP contribution is 2.47. The molecule has 0 bridgehead atoms. The quantitative estimate of drug-likeness (QED) is 0.401.